The summed E-state index contributed by atoms with van der Waals surface area (Å²) in [4.78, 5) is 16.6. The van der Waals surface area contributed by atoms with Gasteiger partial charge in [0, 0.05) is 11.6 Å². The van der Waals surface area contributed by atoms with E-state index in [-0.39, 0.29) is 0 Å². The molecule has 0 atom stereocenters. The molecule has 12 heavy (non-hydrogen) atoms. The lowest BCUT2D eigenvalue weighted by molar-refractivity contribution is 0.112. The van der Waals surface area contributed by atoms with Crippen molar-refractivity contribution in [1.29, 1.82) is 0 Å². The lowest BCUT2D eigenvalue weighted by Crippen LogP contribution is -1.80. The number of nitrogens with one attached hydrogen (secondary N) is 1. The van der Waals surface area contributed by atoms with Gasteiger partial charge in [-0.1, -0.05) is 0 Å². The second-order valence-corrected chi connectivity index (χ2v) is 2.43. The van der Waals surface area contributed by atoms with Crippen LogP contribution in [0.2, 0.25) is 0 Å². The van der Waals surface area contributed by atoms with Gasteiger partial charge < -0.3 is 4.98 Å². The largest absolute Gasteiger partial charge is 0.350 e. The molecule has 0 aromatic carbocycles. The number of carbonyl (C=O) groups is 1. The molecule has 0 aliphatic rings. The van der Waals surface area contributed by atoms with Crippen LogP contribution in [-0.4, -0.2) is 16.3 Å². The first-order valence-corrected chi connectivity index (χ1v) is 3.38. The predicted molar refractivity (Wildman–Crippen MR) is 41.4 cm³/mol. The Bertz CT molecular complexity index is 436. The summed E-state index contributed by atoms with van der Waals surface area (Å²) in [7, 11) is 0. The number of halogens is 1. The van der Waals surface area contributed by atoms with E-state index in [4.69, 9.17) is 0 Å². The van der Waals surface area contributed by atoms with Gasteiger partial charge >= 0.3 is 0 Å². The van der Waals surface area contributed by atoms with Crippen molar-refractivity contribution in [2.24, 2.45) is 0 Å². The highest BCUT2D eigenvalue weighted by Gasteiger charge is 2.03. The lowest BCUT2D eigenvalue weighted by Gasteiger charge is -1.88. The van der Waals surface area contributed by atoms with E-state index in [0.29, 0.717) is 22.9 Å². The molecule has 2 heterocycles. The minimum atomic E-state index is -0.444. The fraction of sp³-hybridized carbons (Fsp3) is 0. The van der Waals surface area contributed by atoms with E-state index in [1.807, 2.05) is 0 Å². The molecular weight excluding hydrogens is 159 g/mol. The Hall–Kier alpha value is -1.71. The molecule has 0 aliphatic heterocycles. The molecule has 0 saturated heterocycles. The van der Waals surface area contributed by atoms with Crippen LogP contribution in [0, 0.1) is 5.82 Å². The van der Waals surface area contributed by atoms with E-state index in [1.165, 1.54) is 6.20 Å². The molecule has 2 rings (SSSR count). The molecule has 0 saturated carbocycles. The zero-order chi connectivity index (χ0) is 8.55. The van der Waals surface area contributed by atoms with Crippen LogP contribution in [0.3, 0.4) is 0 Å². The highest BCUT2D eigenvalue weighted by Crippen LogP contribution is 2.15. The molecule has 0 bridgehead atoms. The highest BCUT2D eigenvalue weighted by atomic mass is 19.1. The Kier molecular flexibility index (Phi) is 1.40. The number of pyridine rings is 1. The van der Waals surface area contributed by atoms with Gasteiger partial charge in [0.1, 0.15) is 0 Å². The maximum Gasteiger partial charge on any atom is 0.166 e. The van der Waals surface area contributed by atoms with Crippen LogP contribution in [0.5, 0.6) is 0 Å². The number of nitrogens with zero attached hydrogens (tertiary/aromatic N) is 1. The van der Waals surface area contributed by atoms with Gasteiger partial charge in [0.2, 0.25) is 0 Å². The van der Waals surface area contributed by atoms with E-state index < -0.39 is 5.82 Å². The van der Waals surface area contributed by atoms with E-state index in [9.17, 15) is 9.18 Å². The molecule has 0 amide bonds. The van der Waals surface area contributed by atoms with Crippen LogP contribution in [0.4, 0.5) is 4.39 Å². The van der Waals surface area contributed by atoms with Crippen molar-refractivity contribution in [3.63, 3.8) is 0 Å². The van der Waals surface area contributed by atoms with Gasteiger partial charge in [-0.25, -0.2) is 4.39 Å². The van der Waals surface area contributed by atoms with Gasteiger partial charge in [0.15, 0.2) is 12.1 Å². The topological polar surface area (TPSA) is 45.8 Å². The molecule has 60 valence electrons. The minimum absolute atomic E-state index is 0.326. The summed E-state index contributed by atoms with van der Waals surface area (Å²) >= 11 is 0. The third kappa shape index (κ3) is 0.887. The van der Waals surface area contributed by atoms with Crippen molar-refractivity contribution in [2.75, 3.05) is 0 Å². The highest BCUT2D eigenvalue weighted by molar-refractivity contribution is 5.87. The number of rotatable bonds is 1. The first kappa shape index (κ1) is 6.97. The van der Waals surface area contributed by atoms with Crippen molar-refractivity contribution >= 4 is 17.2 Å². The number of hydrogen-bond donors (Lipinski definition) is 1. The Balaban J connectivity index is 2.82. The van der Waals surface area contributed by atoms with Crippen LogP contribution in [0.15, 0.2) is 18.5 Å². The molecule has 2 aromatic heterocycles. The van der Waals surface area contributed by atoms with E-state index >= 15 is 0 Å². The number of aromatic nitrogens is 2. The smallest absolute Gasteiger partial charge is 0.166 e. The Labute approximate surface area is 67.2 Å². The summed E-state index contributed by atoms with van der Waals surface area (Å²) in [6.45, 7) is 0. The normalized spacial score (nSPS) is 10.4. The zero-order valence-electron chi connectivity index (χ0n) is 6.04. The summed E-state index contributed by atoms with van der Waals surface area (Å²) < 4.78 is 12.9. The average Bonchev–Trinajstić information content (AvgIpc) is 2.49. The summed E-state index contributed by atoms with van der Waals surface area (Å²) in [6.07, 6.45) is 3.24. The van der Waals surface area contributed by atoms with Gasteiger partial charge in [-0.2, -0.15) is 0 Å². The Morgan fingerprint density at radius 1 is 1.50 bits per heavy atom. The van der Waals surface area contributed by atoms with Crippen LogP contribution < -0.4 is 0 Å². The molecule has 4 heteroatoms. The number of H-pyrrole nitrogens is 1. The first-order chi connectivity index (χ1) is 5.81. The Morgan fingerprint density at radius 2 is 2.33 bits per heavy atom. The van der Waals surface area contributed by atoms with Crippen LogP contribution >= 0.6 is 0 Å². The summed E-state index contributed by atoms with van der Waals surface area (Å²) in [5, 5.41) is 0.608. The molecular formula is C8H5FN2O. The average molecular weight is 164 g/mol. The molecule has 0 spiro atoms. The van der Waals surface area contributed by atoms with E-state index in [1.54, 1.807) is 6.07 Å². The van der Waals surface area contributed by atoms with Gasteiger partial charge in [-0.15, -0.1) is 0 Å². The fourth-order valence-electron chi connectivity index (χ4n) is 1.10. The standard InChI is InChI=1S/C8H5FN2O/c9-7-3-10-2-5-1-6(4-12)11-8(5)7/h1-4,11H. The van der Waals surface area contributed by atoms with Crippen molar-refractivity contribution < 1.29 is 9.18 Å². The lowest BCUT2D eigenvalue weighted by atomic mass is 10.3. The predicted octanol–water partition coefficient (Wildman–Crippen LogP) is 1.51. The van der Waals surface area contributed by atoms with Crippen molar-refractivity contribution in [3.05, 3.63) is 30.0 Å². The SMILES string of the molecule is O=Cc1cc2cncc(F)c2[nH]1. The quantitative estimate of drug-likeness (QED) is 0.649. The monoisotopic (exact) mass is 164 g/mol. The maximum atomic E-state index is 12.9. The Morgan fingerprint density at radius 3 is 3.00 bits per heavy atom. The van der Waals surface area contributed by atoms with Crippen LogP contribution in [0.25, 0.3) is 10.9 Å². The van der Waals surface area contributed by atoms with Gasteiger partial charge in [0.25, 0.3) is 0 Å². The fourth-order valence-corrected chi connectivity index (χ4v) is 1.10. The van der Waals surface area contributed by atoms with E-state index in [2.05, 4.69) is 9.97 Å². The molecule has 2 aromatic rings. The molecule has 0 fully saturated rings. The van der Waals surface area contributed by atoms with Crippen LogP contribution in [-0.2, 0) is 0 Å². The van der Waals surface area contributed by atoms with Gasteiger partial charge in [-0.3, -0.25) is 9.78 Å². The molecule has 3 nitrogen and oxygen atoms in total. The molecule has 0 unspecified atom stereocenters. The number of aldehydes is 1. The number of fused-ring (bicyclic) bond motifs is 1. The van der Waals surface area contributed by atoms with Crippen molar-refractivity contribution in [1.82, 2.24) is 9.97 Å². The number of carbonyl (C=O) groups excluding carboxylic acids is 1. The number of aromatic amines is 1. The minimum Gasteiger partial charge on any atom is -0.350 e. The summed E-state index contributed by atoms with van der Waals surface area (Å²) in [6, 6.07) is 1.55. The van der Waals surface area contributed by atoms with Gasteiger partial charge in [-0.05, 0) is 6.07 Å². The van der Waals surface area contributed by atoms with Crippen molar-refractivity contribution in [3.8, 4) is 0 Å². The third-order valence-electron chi connectivity index (χ3n) is 1.64. The molecule has 0 radical (unpaired) electrons. The molecule has 1 N–H and O–H groups in total. The summed E-state index contributed by atoms with van der Waals surface area (Å²) in [5.74, 6) is -0.444. The maximum absolute atomic E-state index is 12.9. The second-order valence-electron chi connectivity index (χ2n) is 2.43. The first-order valence-electron chi connectivity index (χ1n) is 3.38. The second kappa shape index (κ2) is 2.41. The summed E-state index contributed by atoms with van der Waals surface area (Å²) in [5.41, 5.74) is 0.684. The van der Waals surface area contributed by atoms with Gasteiger partial charge in [0.05, 0.1) is 17.4 Å². The van der Waals surface area contributed by atoms with Crippen LogP contribution in [0.1, 0.15) is 10.5 Å². The van der Waals surface area contributed by atoms with E-state index in [0.717, 1.165) is 6.20 Å². The molecule has 0 aliphatic carbocycles. The number of hydrogen-bond acceptors (Lipinski definition) is 2. The zero-order valence-corrected chi connectivity index (χ0v) is 6.04. The third-order valence-corrected chi connectivity index (χ3v) is 1.64. The van der Waals surface area contributed by atoms with Crippen molar-refractivity contribution in [2.45, 2.75) is 0 Å².